The van der Waals surface area contributed by atoms with Gasteiger partial charge in [-0.2, -0.15) is 0 Å². The van der Waals surface area contributed by atoms with Crippen molar-refractivity contribution in [3.63, 3.8) is 0 Å². The summed E-state index contributed by atoms with van der Waals surface area (Å²) >= 11 is 11.0. The molecule has 17 heavy (non-hydrogen) atoms. The van der Waals surface area contributed by atoms with E-state index in [9.17, 15) is 0 Å². The summed E-state index contributed by atoms with van der Waals surface area (Å²) in [7, 11) is 0. The molecule has 0 amide bonds. The smallest absolute Gasteiger partial charge is 0.287 e. The molecule has 1 heterocycles. The van der Waals surface area contributed by atoms with Crippen molar-refractivity contribution in [2.75, 3.05) is 5.73 Å². The maximum Gasteiger partial charge on any atom is 0.389 e. The molecule has 0 unspecified atom stereocenters. The summed E-state index contributed by atoms with van der Waals surface area (Å²) in [5.41, 5.74) is 5.75. The Bertz CT molecular complexity index is 536. The fourth-order valence-corrected chi connectivity index (χ4v) is 3.14. The summed E-state index contributed by atoms with van der Waals surface area (Å²) in [6, 6.07) is 7.57. The minimum atomic E-state index is 0.505. The van der Waals surface area contributed by atoms with Gasteiger partial charge >= 0.3 is 5.95 Å². The number of nitrogens with two attached hydrogens (primary N) is 1. The molecular formula is C11H10BrClN3S+. The molecule has 2 N–H and O–H groups in total. The molecule has 6 heteroatoms. The summed E-state index contributed by atoms with van der Waals surface area (Å²) in [5.74, 6) is 1.21. The van der Waals surface area contributed by atoms with Crippen LogP contribution in [0.25, 0.3) is 0 Å². The highest BCUT2D eigenvalue weighted by atomic mass is 79.9. The van der Waals surface area contributed by atoms with E-state index in [0.29, 0.717) is 11.8 Å². The van der Waals surface area contributed by atoms with Crippen LogP contribution >= 0.6 is 39.3 Å². The SMILES string of the molecule is Nc1nccc[n+]1CSc1ccc(Cl)cc1Br. The van der Waals surface area contributed by atoms with Crippen LogP contribution in [-0.4, -0.2) is 4.98 Å². The Labute approximate surface area is 117 Å². The summed E-state index contributed by atoms with van der Waals surface area (Å²) in [6.45, 7) is 0. The predicted octanol–water partition coefficient (Wildman–Crippen LogP) is 3.12. The standard InChI is InChI=1S/C11H9BrClN3S/c12-9-6-8(13)2-3-10(9)17-7-16-5-1-4-15-11(16)14/h1-6,14H,7H2/p+1. The van der Waals surface area contributed by atoms with Crippen LogP contribution in [0, 0.1) is 0 Å². The maximum absolute atomic E-state index is 5.88. The lowest BCUT2D eigenvalue weighted by atomic mass is 10.4. The topological polar surface area (TPSA) is 42.8 Å². The summed E-state index contributed by atoms with van der Waals surface area (Å²) in [4.78, 5) is 5.14. The zero-order valence-corrected chi connectivity index (χ0v) is 12.0. The average molecular weight is 332 g/mol. The van der Waals surface area contributed by atoms with Crippen LogP contribution in [0.15, 0.2) is 46.0 Å². The van der Waals surface area contributed by atoms with Crippen molar-refractivity contribution in [3.05, 3.63) is 46.2 Å². The van der Waals surface area contributed by atoms with Crippen LogP contribution in [-0.2, 0) is 5.88 Å². The van der Waals surface area contributed by atoms with Crippen molar-refractivity contribution in [2.45, 2.75) is 10.8 Å². The van der Waals surface area contributed by atoms with Crippen molar-refractivity contribution in [3.8, 4) is 0 Å². The molecule has 0 aliphatic carbocycles. The van der Waals surface area contributed by atoms with Crippen LogP contribution in [0.4, 0.5) is 5.95 Å². The molecule has 3 nitrogen and oxygen atoms in total. The number of aromatic nitrogens is 2. The number of benzene rings is 1. The van der Waals surface area contributed by atoms with E-state index in [1.165, 1.54) is 0 Å². The molecular weight excluding hydrogens is 322 g/mol. The first-order chi connectivity index (χ1) is 8.16. The Morgan fingerprint density at radius 3 is 3.00 bits per heavy atom. The predicted molar refractivity (Wildman–Crippen MR) is 73.9 cm³/mol. The van der Waals surface area contributed by atoms with Gasteiger partial charge in [-0.05, 0) is 34.1 Å². The van der Waals surface area contributed by atoms with E-state index in [1.54, 1.807) is 18.0 Å². The Morgan fingerprint density at radius 1 is 1.47 bits per heavy atom. The first-order valence-electron chi connectivity index (χ1n) is 4.84. The van der Waals surface area contributed by atoms with Crippen molar-refractivity contribution in [1.29, 1.82) is 0 Å². The number of hydrogen-bond donors (Lipinski definition) is 1. The molecule has 0 aliphatic rings. The molecule has 1 aromatic heterocycles. The van der Waals surface area contributed by atoms with Crippen molar-refractivity contribution in [2.24, 2.45) is 0 Å². The van der Waals surface area contributed by atoms with Crippen molar-refractivity contribution < 1.29 is 4.57 Å². The van der Waals surface area contributed by atoms with Gasteiger partial charge in [0.05, 0.1) is 6.20 Å². The minimum absolute atomic E-state index is 0.505. The zero-order chi connectivity index (χ0) is 12.3. The highest BCUT2D eigenvalue weighted by Gasteiger charge is 2.07. The second-order valence-electron chi connectivity index (χ2n) is 3.30. The van der Waals surface area contributed by atoms with E-state index in [0.717, 1.165) is 14.4 Å². The molecule has 0 bridgehead atoms. The highest BCUT2D eigenvalue weighted by Crippen LogP contribution is 2.29. The molecule has 88 valence electrons. The number of nitrogen functional groups attached to an aromatic ring is 1. The summed E-state index contributed by atoms with van der Waals surface area (Å²) in [5, 5.41) is 0.717. The van der Waals surface area contributed by atoms with Crippen LogP contribution in [0.2, 0.25) is 5.02 Å². The second kappa shape index (κ2) is 5.71. The van der Waals surface area contributed by atoms with Crippen LogP contribution < -0.4 is 10.3 Å². The van der Waals surface area contributed by atoms with E-state index in [1.807, 2.05) is 35.0 Å². The van der Waals surface area contributed by atoms with Gasteiger partial charge in [-0.15, -0.1) is 0 Å². The lowest BCUT2D eigenvalue weighted by Gasteiger charge is -2.05. The monoisotopic (exact) mass is 330 g/mol. The molecule has 0 aliphatic heterocycles. The molecule has 0 saturated heterocycles. The number of thioether (sulfide) groups is 1. The first-order valence-corrected chi connectivity index (χ1v) is 7.00. The molecule has 0 saturated carbocycles. The van der Waals surface area contributed by atoms with Crippen molar-refractivity contribution >= 4 is 45.2 Å². The van der Waals surface area contributed by atoms with Crippen molar-refractivity contribution in [1.82, 2.24) is 4.98 Å². The normalized spacial score (nSPS) is 10.5. The van der Waals surface area contributed by atoms with Crippen LogP contribution in [0.3, 0.4) is 0 Å². The average Bonchev–Trinajstić information content (AvgIpc) is 2.30. The molecule has 2 rings (SSSR count). The van der Waals surface area contributed by atoms with E-state index in [-0.39, 0.29) is 0 Å². The third-order valence-corrected chi connectivity index (χ3v) is 4.33. The number of hydrogen-bond acceptors (Lipinski definition) is 3. The van der Waals surface area contributed by atoms with Gasteiger partial charge in [-0.25, -0.2) is 4.57 Å². The molecule has 0 atom stereocenters. The molecule has 1 aromatic carbocycles. The molecule has 0 fully saturated rings. The van der Waals surface area contributed by atoms with E-state index in [2.05, 4.69) is 20.9 Å². The molecule has 2 aromatic rings. The van der Waals surface area contributed by atoms with Gasteiger partial charge in [0.15, 0.2) is 0 Å². The second-order valence-corrected chi connectivity index (χ2v) is 5.57. The Kier molecular flexibility index (Phi) is 4.25. The number of anilines is 1. The van der Waals surface area contributed by atoms with E-state index >= 15 is 0 Å². The van der Waals surface area contributed by atoms with E-state index in [4.69, 9.17) is 17.3 Å². The van der Waals surface area contributed by atoms with Gasteiger partial charge in [0.1, 0.15) is 12.1 Å². The third kappa shape index (κ3) is 3.34. The van der Waals surface area contributed by atoms with Gasteiger partial charge in [-0.3, -0.25) is 5.73 Å². The Balaban J connectivity index is 2.10. The van der Waals surface area contributed by atoms with Gasteiger partial charge in [0, 0.05) is 20.5 Å². The number of halogens is 2. The largest absolute Gasteiger partial charge is 0.389 e. The lowest BCUT2D eigenvalue weighted by molar-refractivity contribution is -0.663. The van der Waals surface area contributed by atoms with Gasteiger partial charge in [0.25, 0.3) is 0 Å². The Morgan fingerprint density at radius 2 is 2.29 bits per heavy atom. The summed E-state index contributed by atoms with van der Waals surface area (Å²) in [6.07, 6.45) is 3.58. The quantitative estimate of drug-likeness (QED) is 0.694. The fourth-order valence-electron chi connectivity index (χ4n) is 1.25. The fraction of sp³-hybridized carbons (Fsp3) is 0.0909. The Hall–Kier alpha value is -0.780. The van der Waals surface area contributed by atoms with Gasteiger partial charge in [-0.1, -0.05) is 28.3 Å². The third-order valence-electron chi connectivity index (χ3n) is 2.11. The lowest BCUT2D eigenvalue weighted by Crippen LogP contribution is -2.36. The van der Waals surface area contributed by atoms with Gasteiger partial charge in [0.2, 0.25) is 0 Å². The zero-order valence-electron chi connectivity index (χ0n) is 8.81. The van der Waals surface area contributed by atoms with Gasteiger partial charge < -0.3 is 0 Å². The van der Waals surface area contributed by atoms with Crippen LogP contribution in [0.1, 0.15) is 0 Å². The highest BCUT2D eigenvalue weighted by molar-refractivity contribution is 9.10. The van der Waals surface area contributed by atoms with Crippen LogP contribution in [0.5, 0.6) is 0 Å². The molecule has 0 radical (unpaired) electrons. The number of rotatable bonds is 3. The maximum atomic E-state index is 5.88. The first kappa shape index (κ1) is 12.7. The minimum Gasteiger partial charge on any atom is -0.287 e. The number of nitrogens with zero attached hydrogens (tertiary/aromatic N) is 2. The molecule has 0 spiro atoms. The summed E-state index contributed by atoms with van der Waals surface area (Å²) < 4.78 is 2.86. The van der Waals surface area contributed by atoms with E-state index < -0.39 is 0 Å².